The number of rotatable bonds is 5. The van der Waals surface area contributed by atoms with Gasteiger partial charge in [0.15, 0.2) is 0 Å². The van der Waals surface area contributed by atoms with Crippen molar-refractivity contribution in [3.8, 4) is 0 Å². The predicted octanol–water partition coefficient (Wildman–Crippen LogP) is 1.62. The summed E-state index contributed by atoms with van der Waals surface area (Å²) in [7, 11) is 1.90. The molecule has 7 nitrogen and oxygen atoms in total. The Bertz CT molecular complexity index is 651. The van der Waals surface area contributed by atoms with Crippen LogP contribution in [0.5, 0.6) is 0 Å². The highest BCUT2D eigenvalue weighted by molar-refractivity contribution is 5.90. The molecule has 2 aromatic heterocycles. The van der Waals surface area contributed by atoms with E-state index in [1.54, 1.807) is 13.8 Å². The zero-order valence-electron chi connectivity index (χ0n) is 12.7. The van der Waals surface area contributed by atoms with Gasteiger partial charge < -0.3 is 10.1 Å². The zero-order chi connectivity index (χ0) is 15.4. The van der Waals surface area contributed by atoms with Gasteiger partial charge in [-0.3, -0.25) is 4.68 Å². The van der Waals surface area contributed by atoms with Crippen molar-refractivity contribution in [2.24, 2.45) is 7.05 Å². The summed E-state index contributed by atoms with van der Waals surface area (Å²) in [5, 5.41) is 7.30. The molecule has 0 aliphatic carbocycles. The second-order valence-electron chi connectivity index (χ2n) is 4.65. The molecule has 0 saturated carbocycles. The molecule has 7 heteroatoms. The number of carbonyl (C=O) groups is 1. The van der Waals surface area contributed by atoms with Gasteiger partial charge in [-0.05, 0) is 20.8 Å². The number of hydrogen-bond acceptors (Lipinski definition) is 6. The fraction of sp³-hybridized carbons (Fsp3) is 0.429. The van der Waals surface area contributed by atoms with Gasteiger partial charge in [0.05, 0.1) is 24.1 Å². The third kappa shape index (κ3) is 3.36. The molecule has 112 valence electrons. The summed E-state index contributed by atoms with van der Waals surface area (Å²) in [6, 6.07) is 0. The number of anilines is 1. The molecule has 0 aliphatic heterocycles. The molecular weight excluding hydrogens is 270 g/mol. The van der Waals surface area contributed by atoms with E-state index in [0.29, 0.717) is 30.4 Å². The highest BCUT2D eigenvalue weighted by Crippen LogP contribution is 2.11. The molecule has 1 N–H and O–H groups in total. The van der Waals surface area contributed by atoms with Crippen molar-refractivity contribution in [3.05, 3.63) is 34.9 Å². The third-order valence-corrected chi connectivity index (χ3v) is 3.25. The van der Waals surface area contributed by atoms with E-state index in [1.165, 1.54) is 6.20 Å². The molecule has 2 rings (SSSR count). The lowest BCUT2D eigenvalue weighted by Gasteiger charge is -2.08. The van der Waals surface area contributed by atoms with Crippen molar-refractivity contribution < 1.29 is 9.53 Å². The van der Waals surface area contributed by atoms with Gasteiger partial charge in [0.1, 0.15) is 0 Å². The van der Waals surface area contributed by atoms with Crippen LogP contribution >= 0.6 is 0 Å². The number of aromatic nitrogens is 4. The highest BCUT2D eigenvalue weighted by Gasteiger charge is 2.12. The van der Waals surface area contributed by atoms with E-state index in [0.717, 1.165) is 11.3 Å². The van der Waals surface area contributed by atoms with Crippen LogP contribution in [0, 0.1) is 13.8 Å². The molecule has 0 fully saturated rings. The first-order chi connectivity index (χ1) is 10.0. The minimum atomic E-state index is -0.398. The minimum Gasteiger partial charge on any atom is -0.462 e. The molecule has 2 aromatic rings. The van der Waals surface area contributed by atoms with Gasteiger partial charge in [0, 0.05) is 31.0 Å². The molecule has 0 amide bonds. The molecule has 0 radical (unpaired) electrons. The average Bonchev–Trinajstić information content (AvgIpc) is 2.77. The SMILES string of the molecule is CCOC(=O)c1cnc(NCc2cnn(C)c2C)nc1C. The van der Waals surface area contributed by atoms with E-state index >= 15 is 0 Å². The first kappa shape index (κ1) is 15.0. The van der Waals surface area contributed by atoms with Gasteiger partial charge in [-0.15, -0.1) is 0 Å². The van der Waals surface area contributed by atoms with Gasteiger partial charge in [-0.2, -0.15) is 5.10 Å². The summed E-state index contributed by atoms with van der Waals surface area (Å²) in [5.41, 5.74) is 3.14. The Labute approximate surface area is 123 Å². The second-order valence-corrected chi connectivity index (χ2v) is 4.65. The predicted molar refractivity (Wildman–Crippen MR) is 78.0 cm³/mol. The lowest BCUT2D eigenvalue weighted by Crippen LogP contribution is -2.11. The smallest absolute Gasteiger partial charge is 0.341 e. The van der Waals surface area contributed by atoms with E-state index in [1.807, 2.05) is 24.9 Å². The molecule has 0 unspecified atom stereocenters. The van der Waals surface area contributed by atoms with E-state index < -0.39 is 5.97 Å². The quantitative estimate of drug-likeness (QED) is 0.842. The number of nitrogens with zero attached hydrogens (tertiary/aromatic N) is 4. The Kier molecular flexibility index (Phi) is 4.52. The number of carbonyl (C=O) groups excluding carboxylic acids is 1. The van der Waals surface area contributed by atoms with Crippen LogP contribution in [0.4, 0.5) is 5.95 Å². The Hall–Kier alpha value is -2.44. The van der Waals surface area contributed by atoms with E-state index in [2.05, 4.69) is 20.4 Å². The summed E-state index contributed by atoms with van der Waals surface area (Å²) in [5.74, 6) is 0.0773. The maximum Gasteiger partial charge on any atom is 0.341 e. The van der Waals surface area contributed by atoms with Crippen molar-refractivity contribution in [2.45, 2.75) is 27.3 Å². The van der Waals surface area contributed by atoms with Gasteiger partial charge in [-0.1, -0.05) is 0 Å². The largest absolute Gasteiger partial charge is 0.462 e. The summed E-state index contributed by atoms with van der Waals surface area (Å²) in [6.07, 6.45) is 3.29. The fourth-order valence-corrected chi connectivity index (χ4v) is 1.85. The Morgan fingerprint density at radius 2 is 2.14 bits per heavy atom. The molecule has 0 spiro atoms. The highest BCUT2D eigenvalue weighted by atomic mass is 16.5. The standard InChI is InChI=1S/C14H19N5O2/c1-5-21-13(20)12-8-16-14(18-9(12)2)15-6-11-7-17-19(4)10(11)3/h7-8H,5-6H2,1-4H3,(H,15,16,18). The van der Waals surface area contributed by atoms with Crippen LogP contribution in [0.15, 0.2) is 12.4 Å². The second kappa shape index (κ2) is 6.34. The van der Waals surface area contributed by atoms with Gasteiger partial charge in [-0.25, -0.2) is 14.8 Å². The third-order valence-electron chi connectivity index (χ3n) is 3.25. The van der Waals surface area contributed by atoms with E-state index in [9.17, 15) is 4.79 Å². The van der Waals surface area contributed by atoms with Gasteiger partial charge in [0.25, 0.3) is 0 Å². The number of hydrogen-bond donors (Lipinski definition) is 1. The van der Waals surface area contributed by atoms with Crippen molar-refractivity contribution in [1.82, 2.24) is 19.7 Å². The van der Waals surface area contributed by atoms with Crippen LogP contribution < -0.4 is 5.32 Å². The minimum absolute atomic E-state index is 0.332. The number of ether oxygens (including phenoxy) is 1. The lowest BCUT2D eigenvalue weighted by molar-refractivity contribution is 0.0524. The van der Waals surface area contributed by atoms with E-state index in [4.69, 9.17) is 4.74 Å². The average molecular weight is 289 g/mol. The first-order valence-electron chi connectivity index (χ1n) is 6.75. The zero-order valence-corrected chi connectivity index (χ0v) is 12.7. The van der Waals surface area contributed by atoms with Gasteiger partial charge in [0.2, 0.25) is 5.95 Å². The van der Waals surface area contributed by atoms with Gasteiger partial charge >= 0.3 is 5.97 Å². The number of aryl methyl sites for hydroxylation is 2. The lowest BCUT2D eigenvalue weighted by atomic mass is 10.2. The van der Waals surface area contributed by atoms with Crippen LogP contribution in [0.3, 0.4) is 0 Å². The van der Waals surface area contributed by atoms with Crippen molar-refractivity contribution in [2.75, 3.05) is 11.9 Å². The monoisotopic (exact) mass is 289 g/mol. The molecule has 21 heavy (non-hydrogen) atoms. The molecule has 0 bridgehead atoms. The Morgan fingerprint density at radius 1 is 1.38 bits per heavy atom. The van der Waals surface area contributed by atoms with Crippen LogP contribution in [-0.4, -0.2) is 32.3 Å². The Morgan fingerprint density at radius 3 is 2.71 bits per heavy atom. The topological polar surface area (TPSA) is 81.9 Å². The van der Waals surface area contributed by atoms with Crippen molar-refractivity contribution in [3.63, 3.8) is 0 Å². The van der Waals surface area contributed by atoms with Crippen molar-refractivity contribution >= 4 is 11.9 Å². The first-order valence-corrected chi connectivity index (χ1v) is 6.75. The molecule has 0 aromatic carbocycles. The Balaban J connectivity index is 2.07. The summed E-state index contributed by atoms with van der Waals surface area (Å²) in [4.78, 5) is 20.1. The van der Waals surface area contributed by atoms with Crippen LogP contribution in [0.2, 0.25) is 0 Å². The maximum atomic E-state index is 11.7. The molecule has 2 heterocycles. The van der Waals surface area contributed by atoms with Crippen LogP contribution in [-0.2, 0) is 18.3 Å². The summed E-state index contributed by atoms with van der Waals surface area (Å²) >= 11 is 0. The normalized spacial score (nSPS) is 10.5. The number of esters is 1. The molecule has 0 atom stereocenters. The molecular formula is C14H19N5O2. The molecule has 0 aliphatic rings. The fourth-order valence-electron chi connectivity index (χ4n) is 1.85. The maximum absolute atomic E-state index is 11.7. The van der Waals surface area contributed by atoms with Crippen LogP contribution in [0.25, 0.3) is 0 Å². The summed E-state index contributed by atoms with van der Waals surface area (Å²) in [6.45, 7) is 6.44. The molecule has 0 saturated heterocycles. The van der Waals surface area contributed by atoms with Crippen LogP contribution in [0.1, 0.15) is 34.2 Å². The van der Waals surface area contributed by atoms with E-state index in [-0.39, 0.29) is 0 Å². The summed E-state index contributed by atoms with van der Waals surface area (Å²) < 4.78 is 6.76. The van der Waals surface area contributed by atoms with Crippen molar-refractivity contribution in [1.29, 1.82) is 0 Å². The number of nitrogens with one attached hydrogen (secondary N) is 1.